The van der Waals surface area contributed by atoms with Gasteiger partial charge in [-0.2, -0.15) is 0 Å². The molecule has 0 aliphatic heterocycles. The first-order valence-corrected chi connectivity index (χ1v) is 7.53. The van der Waals surface area contributed by atoms with Crippen molar-refractivity contribution in [3.05, 3.63) is 47.3 Å². The topological polar surface area (TPSA) is 51.8 Å². The fourth-order valence-electron chi connectivity index (χ4n) is 1.88. The maximum Gasteiger partial charge on any atom is 0.192 e. The van der Waals surface area contributed by atoms with E-state index in [2.05, 4.69) is 55.0 Å². The largest absolute Gasteiger partial charge is 0.325 e. The van der Waals surface area contributed by atoms with Crippen molar-refractivity contribution < 1.29 is 0 Å². The summed E-state index contributed by atoms with van der Waals surface area (Å²) < 4.78 is 0. The summed E-state index contributed by atoms with van der Waals surface area (Å²) >= 11 is 1.57. The minimum atomic E-state index is 0.176. The Morgan fingerprint density at radius 3 is 2.30 bits per heavy atom. The first-order chi connectivity index (χ1) is 9.38. The van der Waals surface area contributed by atoms with E-state index >= 15 is 0 Å². The lowest BCUT2D eigenvalue weighted by atomic mass is 9.87. The molecule has 2 aromatic rings. The second-order valence-corrected chi connectivity index (χ2v) is 6.90. The second kappa shape index (κ2) is 5.94. The summed E-state index contributed by atoms with van der Waals surface area (Å²) in [4.78, 5) is 10.0. The predicted octanol–water partition coefficient (Wildman–Crippen LogP) is 3.69. The quantitative estimate of drug-likeness (QED) is 0.875. The third-order valence-electron chi connectivity index (χ3n) is 3.03. The number of benzene rings is 1. The van der Waals surface area contributed by atoms with Crippen molar-refractivity contribution in [2.45, 2.75) is 49.7 Å². The normalized spacial score (nSPS) is 11.7. The van der Waals surface area contributed by atoms with Crippen molar-refractivity contribution in [2.75, 3.05) is 0 Å². The van der Waals surface area contributed by atoms with Gasteiger partial charge >= 0.3 is 0 Å². The molecule has 0 atom stereocenters. The highest BCUT2D eigenvalue weighted by atomic mass is 32.2. The van der Waals surface area contributed by atoms with Crippen molar-refractivity contribution in [1.82, 2.24) is 9.97 Å². The lowest BCUT2D eigenvalue weighted by Gasteiger charge is -2.18. The number of hydrogen-bond donors (Lipinski definition) is 1. The molecule has 3 nitrogen and oxygen atoms in total. The van der Waals surface area contributed by atoms with Crippen LogP contribution in [0.3, 0.4) is 0 Å². The van der Waals surface area contributed by atoms with Crippen LogP contribution in [0.25, 0.3) is 0 Å². The van der Waals surface area contributed by atoms with Crippen LogP contribution in [0.5, 0.6) is 0 Å². The lowest BCUT2D eigenvalue weighted by Crippen LogP contribution is -2.10. The summed E-state index contributed by atoms with van der Waals surface area (Å²) in [7, 11) is 0. The predicted molar refractivity (Wildman–Crippen MR) is 83.9 cm³/mol. The molecule has 0 saturated heterocycles. The maximum absolute atomic E-state index is 5.65. The van der Waals surface area contributed by atoms with Crippen LogP contribution in [-0.2, 0) is 12.0 Å². The van der Waals surface area contributed by atoms with Gasteiger partial charge in [0.2, 0.25) is 0 Å². The Morgan fingerprint density at radius 2 is 1.75 bits per heavy atom. The van der Waals surface area contributed by atoms with Crippen LogP contribution in [0.4, 0.5) is 0 Å². The molecule has 0 amide bonds. The first-order valence-electron chi connectivity index (χ1n) is 6.71. The van der Waals surface area contributed by atoms with Crippen molar-refractivity contribution in [3.63, 3.8) is 0 Å². The molecular weight excluding hydrogens is 266 g/mol. The van der Waals surface area contributed by atoms with Gasteiger partial charge in [0.15, 0.2) is 5.16 Å². The summed E-state index contributed by atoms with van der Waals surface area (Å²) in [6.45, 7) is 9.05. The maximum atomic E-state index is 5.65. The van der Waals surface area contributed by atoms with Crippen LogP contribution in [0, 0.1) is 6.92 Å². The molecule has 0 bridgehead atoms. The molecule has 0 saturated carbocycles. The summed E-state index contributed by atoms with van der Waals surface area (Å²) in [6, 6.07) is 10.5. The highest BCUT2D eigenvalue weighted by Crippen LogP contribution is 2.28. The number of aromatic nitrogens is 2. The third kappa shape index (κ3) is 3.81. The molecule has 1 heterocycles. The van der Waals surface area contributed by atoms with Gasteiger partial charge < -0.3 is 5.73 Å². The highest BCUT2D eigenvalue weighted by molar-refractivity contribution is 7.99. The molecule has 2 rings (SSSR count). The Hall–Kier alpha value is -1.39. The molecule has 0 fully saturated rings. The van der Waals surface area contributed by atoms with Gasteiger partial charge in [0.1, 0.15) is 0 Å². The standard InChI is InChI=1S/C16H21N3S/c1-11-9-13(10-17)19-15(18-11)20-14-7-5-12(6-8-14)16(2,3)4/h5-9H,10,17H2,1-4H3. The molecular formula is C16H21N3S. The number of hydrogen-bond acceptors (Lipinski definition) is 4. The third-order valence-corrected chi connectivity index (χ3v) is 3.90. The van der Waals surface area contributed by atoms with Crippen LogP contribution >= 0.6 is 11.8 Å². The van der Waals surface area contributed by atoms with Gasteiger partial charge in [-0.25, -0.2) is 9.97 Å². The Morgan fingerprint density at radius 1 is 1.10 bits per heavy atom. The number of rotatable bonds is 3. The first kappa shape index (κ1) is 15.0. The van der Waals surface area contributed by atoms with Crippen molar-refractivity contribution in [1.29, 1.82) is 0 Å². The van der Waals surface area contributed by atoms with Crippen LogP contribution < -0.4 is 5.73 Å². The van der Waals surface area contributed by atoms with Crippen molar-refractivity contribution in [3.8, 4) is 0 Å². The molecule has 0 spiro atoms. The van der Waals surface area contributed by atoms with E-state index in [4.69, 9.17) is 5.73 Å². The summed E-state index contributed by atoms with van der Waals surface area (Å²) in [5.74, 6) is 0. The summed E-state index contributed by atoms with van der Waals surface area (Å²) in [5, 5.41) is 0.758. The van der Waals surface area contributed by atoms with E-state index in [9.17, 15) is 0 Å². The lowest BCUT2D eigenvalue weighted by molar-refractivity contribution is 0.590. The molecule has 0 radical (unpaired) electrons. The van der Waals surface area contributed by atoms with Gasteiger partial charge in [0.05, 0.1) is 5.69 Å². The van der Waals surface area contributed by atoms with E-state index < -0.39 is 0 Å². The summed E-state index contributed by atoms with van der Waals surface area (Å²) in [6.07, 6.45) is 0. The van der Waals surface area contributed by atoms with Crippen LogP contribution in [0.15, 0.2) is 40.4 Å². The molecule has 0 aliphatic rings. The van der Waals surface area contributed by atoms with E-state index in [1.807, 2.05) is 13.0 Å². The molecule has 0 aliphatic carbocycles. The van der Waals surface area contributed by atoms with Crippen LogP contribution in [0.1, 0.15) is 37.7 Å². The van der Waals surface area contributed by atoms with E-state index in [0.29, 0.717) is 6.54 Å². The van der Waals surface area contributed by atoms with Crippen molar-refractivity contribution >= 4 is 11.8 Å². The Kier molecular flexibility index (Phi) is 4.45. The molecule has 4 heteroatoms. The number of nitrogens with two attached hydrogens (primary N) is 1. The Balaban J connectivity index is 2.20. The minimum Gasteiger partial charge on any atom is -0.325 e. The zero-order chi connectivity index (χ0) is 14.8. The van der Waals surface area contributed by atoms with E-state index in [-0.39, 0.29) is 5.41 Å². The van der Waals surface area contributed by atoms with Crippen LogP contribution in [0.2, 0.25) is 0 Å². The Labute approximate surface area is 125 Å². The van der Waals surface area contributed by atoms with Gasteiger partial charge in [-0.1, -0.05) is 32.9 Å². The van der Waals surface area contributed by atoms with Gasteiger partial charge in [0.25, 0.3) is 0 Å². The van der Waals surface area contributed by atoms with E-state index in [0.717, 1.165) is 21.4 Å². The number of nitrogens with zero attached hydrogens (tertiary/aromatic N) is 2. The monoisotopic (exact) mass is 287 g/mol. The molecule has 1 aromatic heterocycles. The van der Waals surface area contributed by atoms with Crippen molar-refractivity contribution in [2.24, 2.45) is 5.73 Å². The average molecular weight is 287 g/mol. The molecule has 20 heavy (non-hydrogen) atoms. The fourth-order valence-corrected chi connectivity index (χ4v) is 2.72. The van der Waals surface area contributed by atoms with E-state index in [1.54, 1.807) is 11.8 Å². The van der Waals surface area contributed by atoms with Gasteiger partial charge in [-0.15, -0.1) is 0 Å². The zero-order valence-electron chi connectivity index (χ0n) is 12.5. The van der Waals surface area contributed by atoms with Gasteiger partial charge in [-0.3, -0.25) is 0 Å². The summed E-state index contributed by atoms with van der Waals surface area (Å²) in [5.41, 5.74) is 8.99. The molecule has 2 N–H and O–H groups in total. The molecule has 106 valence electrons. The fraction of sp³-hybridized carbons (Fsp3) is 0.375. The number of aryl methyl sites for hydroxylation is 1. The van der Waals surface area contributed by atoms with Crippen LogP contribution in [-0.4, -0.2) is 9.97 Å². The minimum absolute atomic E-state index is 0.176. The van der Waals surface area contributed by atoms with E-state index in [1.165, 1.54) is 5.56 Å². The molecule has 0 unspecified atom stereocenters. The average Bonchev–Trinajstić information content (AvgIpc) is 2.37. The zero-order valence-corrected chi connectivity index (χ0v) is 13.3. The Bertz CT molecular complexity index is 586. The SMILES string of the molecule is Cc1cc(CN)nc(Sc2ccc(C(C)(C)C)cc2)n1. The van der Waals surface area contributed by atoms with Gasteiger partial charge in [-0.05, 0) is 47.9 Å². The molecule has 1 aromatic carbocycles. The van der Waals surface area contributed by atoms with Gasteiger partial charge in [0, 0.05) is 17.1 Å². The highest BCUT2D eigenvalue weighted by Gasteiger charge is 2.13. The smallest absolute Gasteiger partial charge is 0.192 e. The second-order valence-electron chi connectivity index (χ2n) is 5.86.